The van der Waals surface area contributed by atoms with Gasteiger partial charge >= 0.3 is 0 Å². The van der Waals surface area contributed by atoms with Crippen LogP contribution in [0.1, 0.15) is 29.8 Å². The van der Waals surface area contributed by atoms with Gasteiger partial charge in [-0.05, 0) is 52.5 Å². The normalized spacial score (nSPS) is 18.1. The number of ketones is 1. The second-order valence-electron chi connectivity index (χ2n) is 5.55. The maximum Gasteiger partial charge on any atom is 0.211 e. The SMILES string of the molecule is CN(CC(=O)c1ccco1)CC1(N(C)C)CCC1. The van der Waals surface area contributed by atoms with Gasteiger partial charge in [0.15, 0.2) is 5.76 Å². The zero-order chi connectivity index (χ0) is 13.2. The summed E-state index contributed by atoms with van der Waals surface area (Å²) in [6, 6.07) is 3.47. The largest absolute Gasteiger partial charge is 0.461 e. The van der Waals surface area contributed by atoms with Gasteiger partial charge in [-0.2, -0.15) is 0 Å². The second kappa shape index (κ2) is 5.24. The average molecular weight is 250 g/mol. The fourth-order valence-corrected chi connectivity index (χ4v) is 2.65. The van der Waals surface area contributed by atoms with Crippen LogP contribution in [-0.2, 0) is 0 Å². The highest BCUT2D eigenvalue weighted by Gasteiger charge is 2.39. The third-order valence-corrected chi connectivity index (χ3v) is 4.01. The van der Waals surface area contributed by atoms with Crippen molar-refractivity contribution in [3.63, 3.8) is 0 Å². The Bertz CT molecular complexity index is 394. The summed E-state index contributed by atoms with van der Waals surface area (Å²) < 4.78 is 5.13. The molecule has 0 aromatic carbocycles. The van der Waals surface area contributed by atoms with Gasteiger partial charge in [-0.25, -0.2) is 0 Å². The minimum atomic E-state index is 0.0516. The fraction of sp³-hybridized carbons (Fsp3) is 0.643. The lowest BCUT2D eigenvalue weighted by Crippen LogP contribution is -2.57. The van der Waals surface area contributed by atoms with Gasteiger partial charge in [0.25, 0.3) is 0 Å². The summed E-state index contributed by atoms with van der Waals surface area (Å²) in [5.41, 5.74) is 0.262. The molecular formula is C14H22N2O2. The standard InChI is InChI=1S/C14H22N2O2/c1-15(2)14(7-5-8-14)11-16(3)10-12(17)13-6-4-9-18-13/h4,6,9H,5,7-8,10-11H2,1-3H3. The Kier molecular flexibility index (Phi) is 3.88. The molecule has 1 fully saturated rings. The number of carbonyl (C=O) groups excluding carboxylic acids is 1. The van der Waals surface area contributed by atoms with E-state index in [-0.39, 0.29) is 11.3 Å². The van der Waals surface area contributed by atoms with E-state index in [2.05, 4.69) is 23.9 Å². The summed E-state index contributed by atoms with van der Waals surface area (Å²) in [4.78, 5) is 16.3. The van der Waals surface area contributed by atoms with Crippen LogP contribution in [0, 0.1) is 0 Å². The summed E-state index contributed by atoms with van der Waals surface area (Å²) in [5, 5.41) is 0. The van der Waals surface area contributed by atoms with Gasteiger partial charge in [0.1, 0.15) is 0 Å². The van der Waals surface area contributed by atoms with E-state index in [1.165, 1.54) is 19.3 Å². The van der Waals surface area contributed by atoms with Crippen molar-refractivity contribution in [2.45, 2.75) is 24.8 Å². The lowest BCUT2D eigenvalue weighted by atomic mass is 9.75. The molecule has 4 heteroatoms. The summed E-state index contributed by atoms with van der Waals surface area (Å²) in [6.07, 6.45) is 5.27. The smallest absolute Gasteiger partial charge is 0.211 e. The summed E-state index contributed by atoms with van der Waals surface area (Å²) in [6.45, 7) is 1.36. The molecule has 0 N–H and O–H groups in total. The molecule has 1 aliphatic carbocycles. The molecule has 0 unspecified atom stereocenters. The predicted molar refractivity (Wildman–Crippen MR) is 70.8 cm³/mol. The number of likely N-dealkylation sites (N-methyl/N-ethyl adjacent to an activating group) is 2. The summed E-state index contributed by atoms with van der Waals surface area (Å²) >= 11 is 0. The molecular weight excluding hydrogens is 228 g/mol. The van der Waals surface area contributed by atoms with Crippen molar-refractivity contribution in [3.05, 3.63) is 24.2 Å². The predicted octanol–water partition coefficient (Wildman–Crippen LogP) is 1.88. The quantitative estimate of drug-likeness (QED) is 0.722. The van der Waals surface area contributed by atoms with Crippen LogP contribution in [0.15, 0.2) is 22.8 Å². The van der Waals surface area contributed by atoms with Crippen molar-refractivity contribution in [1.29, 1.82) is 0 Å². The van der Waals surface area contributed by atoms with E-state index in [0.717, 1.165) is 6.54 Å². The Balaban J connectivity index is 1.89. The fourth-order valence-electron chi connectivity index (χ4n) is 2.65. The van der Waals surface area contributed by atoms with Crippen LogP contribution in [0.2, 0.25) is 0 Å². The number of hydrogen-bond donors (Lipinski definition) is 0. The van der Waals surface area contributed by atoms with Crippen LogP contribution in [-0.4, -0.2) is 55.4 Å². The van der Waals surface area contributed by atoms with Crippen LogP contribution in [0.25, 0.3) is 0 Å². The number of carbonyl (C=O) groups is 1. The van der Waals surface area contributed by atoms with E-state index in [4.69, 9.17) is 4.42 Å². The molecule has 1 saturated carbocycles. The third kappa shape index (κ3) is 2.65. The zero-order valence-corrected chi connectivity index (χ0v) is 11.5. The van der Waals surface area contributed by atoms with Crippen LogP contribution in [0.3, 0.4) is 0 Å². The molecule has 1 aromatic rings. The number of hydrogen-bond acceptors (Lipinski definition) is 4. The number of Topliss-reactive ketones (excluding diaryl/α,β-unsaturated/α-hetero) is 1. The van der Waals surface area contributed by atoms with Gasteiger partial charge in [0.05, 0.1) is 12.8 Å². The number of nitrogens with zero attached hydrogens (tertiary/aromatic N) is 2. The molecule has 0 radical (unpaired) electrons. The molecule has 100 valence electrons. The second-order valence-corrected chi connectivity index (χ2v) is 5.55. The minimum absolute atomic E-state index is 0.0516. The monoisotopic (exact) mass is 250 g/mol. The first-order valence-corrected chi connectivity index (χ1v) is 6.46. The average Bonchev–Trinajstić information content (AvgIpc) is 2.76. The maximum atomic E-state index is 11.9. The van der Waals surface area contributed by atoms with E-state index < -0.39 is 0 Å². The van der Waals surface area contributed by atoms with Crippen LogP contribution in [0.4, 0.5) is 0 Å². The van der Waals surface area contributed by atoms with E-state index >= 15 is 0 Å². The Morgan fingerprint density at radius 1 is 1.39 bits per heavy atom. The van der Waals surface area contributed by atoms with Crippen molar-refractivity contribution >= 4 is 5.78 Å². The van der Waals surface area contributed by atoms with Gasteiger partial charge in [-0.15, -0.1) is 0 Å². The van der Waals surface area contributed by atoms with Gasteiger partial charge in [0.2, 0.25) is 5.78 Å². The molecule has 2 rings (SSSR count). The van der Waals surface area contributed by atoms with Crippen LogP contribution >= 0.6 is 0 Å². The van der Waals surface area contributed by atoms with Crippen LogP contribution < -0.4 is 0 Å². The van der Waals surface area contributed by atoms with Crippen molar-refractivity contribution in [3.8, 4) is 0 Å². The molecule has 0 aliphatic heterocycles. The highest BCUT2D eigenvalue weighted by Crippen LogP contribution is 2.36. The molecule has 1 aromatic heterocycles. The Hall–Kier alpha value is -1.13. The van der Waals surface area contributed by atoms with Gasteiger partial charge in [-0.1, -0.05) is 0 Å². The Morgan fingerprint density at radius 2 is 2.11 bits per heavy atom. The lowest BCUT2D eigenvalue weighted by molar-refractivity contribution is 0.0277. The van der Waals surface area contributed by atoms with Gasteiger partial charge in [-0.3, -0.25) is 9.69 Å². The molecule has 0 saturated heterocycles. The Morgan fingerprint density at radius 3 is 2.56 bits per heavy atom. The minimum Gasteiger partial charge on any atom is -0.461 e. The highest BCUT2D eigenvalue weighted by atomic mass is 16.3. The molecule has 1 heterocycles. The first kappa shape index (κ1) is 13.3. The molecule has 0 amide bonds. The van der Waals surface area contributed by atoms with E-state index in [1.54, 1.807) is 18.4 Å². The Labute approximate surface area is 109 Å². The molecule has 0 atom stereocenters. The van der Waals surface area contributed by atoms with Crippen molar-refractivity contribution in [2.24, 2.45) is 0 Å². The highest BCUT2D eigenvalue weighted by molar-refractivity contribution is 5.94. The van der Waals surface area contributed by atoms with Crippen molar-refractivity contribution < 1.29 is 9.21 Å². The van der Waals surface area contributed by atoms with Crippen molar-refractivity contribution in [1.82, 2.24) is 9.80 Å². The van der Waals surface area contributed by atoms with Gasteiger partial charge in [0, 0.05) is 12.1 Å². The van der Waals surface area contributed by atoms with Crippen molar-refractivity contribution in [2.75, 3.05) is 34.2 Å². The molecule has 1 aliphatic rings. The summed E-state index contributed by atoms with van der Waals surface area (Å²) in [7, 11) is 6.26. The summed E-state index contributed by atoms with van der Waals surface area (Å²) in [5.74, 6) is 0.505. The topological polar surface area (TPSA) is 36.7 Å². The van der Waals surface area contributed by atoms with E-state index in [1.807, 2.05) is 7.05 Å². The first-order chi connectivity index (χ1) is 8.53. The van der Waals surface area contributed by atoms with Crippen LogP contribution in [0.5, 0.6) is 0 Å². The van der Waals surface area contributed by atoms with E-state index in [9.17, 15) is 4.79 Å². The molecule has 0 spiro atoms. The maximum absolute atomic E-state index is 11.9. The molecule has 4 nitrogen and oxygen atoms in total. The molecule has 0 bridgehead atoms. The zero-order valence-electron chi connectivity index (χ0n) is 11.5. The lowest BCUT2D eigenvalue weighted by Gasteiger charge is -2.49. The number of furan rings is 1. The van der Waals surface area contributed by atoms with E-state index in [0.29, 0.717) is 12.3 Å². The third-order valence-electron chi connectivity index (χ3n) is 4.01. The molecule has 18 heavy (non-hydrogen) atoms. The first-order valence-electron chi connectivity index (χ1n) is 6.46. The number of rotatable bonds is 6. The van der Waals surface area contributed by atoms with Gasteiger partial charge < -0.3 is 9.32 Å².